The average Bonchev–Trinajstić information content (AvgIpc) is 2.83. The first-order valence-corrected chi connectivity index (χ1v) is 11.1. The Morgan fingerprint density at radius 1 is 1.12 bits per heavy atom. The molecule has 1 aliphatic rings. The summed E-state index contributed by atoms with van der Waals surface area (Å²) >= 11 is 0. The van der Waals surface area contributed by atoms with Gasteiger partial charge in [-0.15, -0.1) is 0 Å². The van der Waals surface area contributed by atoms with Crippen LogP contribution in [0.15, 0.2) is 60.7 Å². The third-order valence-electron chi connectivity index (χ3n) is 5.97. The molecule has 6 heteroatoms. The van der Waals surface area contributed by atoms with E-state index in [0.29, 0.717) is 32.5 Å². The summed E-state index contributed by atoms with van der Waals surface area (Å²) in [7, 11) is 5.66. The highest BCUT2D eigenvalue weighted by Crippen LogP contribution is 2.23. The second-order valence-electron chi connectivity index (χ2n) is 8.34. The number of carbonyl (C=O) groups is 2. The van der Waals surface area contributed by atoms with Gasteiger partial charge in [-0.3, -0.25) is 9.59 Å². The zero-order valence-corrected chi connectivity index (χ0v) is 19.2. The Morgan fingerprint density at radius 2 is 1.84 bits per heavy atom. The molecular weight excluding hydrogens is 402 g/mol. The molecular formula is C26H33N3O3. The molecule has 3 rings (SSSR count). The summed E-state index contributed by atoms with van der Waals surface area (Å²) in [6, 6.07) is 17.8. The molecule has 0 aliphatic carbocycles. The van der Waals surface area contributed by atoms with Crippen LogP contribution in [0, 0.1) is 5.92 Å². The number of benzene rings is 2. The molecule has 6 nitrogen and oxygen atoms in total. The van der Waals surface area contributed by atoms with Crippen molar-refractivity contribution in [3.8, 4) is 5.75 Å². The summed E-state index contributed by atoms with van der Waals surface area (Å²) in [5.74, 6) is 0.800. The molecule has 2 aromatic carbocycles. The summed E-state index contributed by atoms with van der Waals surface area (Å²) in [6.07, 6.45) is 4.82. The van der Waals surface area contributed by atoms with Crippen LogP contribution in [-0.2, 0) is 9.59 Å². The molecule has 2 aromatic rings. The van der Waals surface area contributed by atoms with E-state index < -0.39 is 0 Å². The molecule has 2 amide bonds. The van der Waals surface area contributed by atoms with Crippen molar-refractivity contribution in [3.05, 3.63) is 71.8 Å². The number of nitrogens with one attached hydrogen (secondary N) is 1. The molecule has 1 saturated heterocycles. The molecule has 0 radical (unpaired) electrons. The minimum absolute atomic E-state index is 0.00147. The van der Waals surface area contributed by atoms with Crippen LogP contribution in [0.25, 0.3) is 6.08 Å². The quantitative estimate of drug-likeness (QED) is 0.646. The monoisotopic (exact) mass is 435 g/mol. The number of nitrogens with zero attached hydrogens (tertiary/aromatic N) is 2. The van der Waals surface area contributed by atoms with Crippen molar-refractivity contribution in [1.82, 2.24) is 15.1 Å². The van der Waals surface area contributed by atoms with Gasteiger partial charge in [0, 0.05) is 31.6 Å². The predicted octanol–water partition coefficient (Wildman–Crippen LogP) is 3.37. The van der Waals surface area contributed by atoms with Gasteiger partial charge in [0.1, 0.15) is 5.75 Å². The number of hydrogen-bond acceptors (Lipinski definition) is 4. The van der Waals surface area contributed by atoms with Crippen LogP contribution < -0.4 is 10.1 Å². The van der Waals surface area contributed by atoms with E-state index >= 15 is 0 Å². The molecule has 0 bridgehead atoms. The van der Waals surface area contributed by atoms with E-state index in [1.807, 2.05) is 79.7 Å². The molecule has 1 unspecified atom stereocenters. The first kappa shape index (κ1) is 23.5. The van der Waals surface area contributed by atoms with Crippen LogP contribution in [0.1, 0.15) is 30.0 Å². The lowest BCUT2D eigenvalue weighted by Crippen LogP contribution is -2.44. The molecule has 170 valence electrons. The fourth-order valence-corrected chi connectivity index (χ4v) is 3.99. The molecule has 1 atom stereocenters. The SMILES string of the molecule is COc1cccc(C(CNC(=O)C2CCN(C(=O)C=Cc3ccccc3)CC2)N(C)C)c1. The Morgan fingerprint density at radius 3 is 2.50 bits per heavy atom. The zero-order valence-electron chi connectivity index (χ0n) is 19.2. The standard InChI is InChI=1S/C26H33N3O3/c1-28(2)24(22-10-7-11-23(18-22)32-3)19-27-26(31)21-14-16-29(17-15-21)25(30)13-12-20-8-5-4-6-9-20/h4-13,18,21,24H,14-17,19H2,1-3H3,(H,27,31). The van der Waals surface area contributed by atoms with Crippen molar-refractivity contribution in [2.75, 3.05) is 40.8 Å². The molecule has 1 aliphatic heterocycles. The van der Waals surface area contributed by atoms with Crippen LogP contribution in [-0.4, -0.2) is 62.5 Å². The number of rotatable bonds is 8. The number of likely N-dealkylation sites (tertiary alicyclic amines) is 1. The minimum Gasteiger partial charge on any atom is -0.497 e. The maximum absolute atomic E-state index is 12.8. The van der Waals surface area contributed by atoms with Crippen molar-refractivity contribution in [2.45, 2.75) is 18.9 Å². The van der Waals surface area contributed by atoms with Gasteiger partial charge in [0.05, 0.1) is 13.2 Å². The normalized spacial score (nSPS) is 15.7. The highest BCUT2D eigenvalue weighted by molar-refractivity contribution is 5.92. The van der Waals surface area contributed by atoms with Gasteiger partial charge >= 0.3 is 0 Å². The molecule has 1 heterocycles. The van der Waals surface area contributed by atoms with Crippen molar-refractivity contribution in [3.63, 3.8) is 0 Å². The maximum Gasteiger partial charge on any atom is 0.246 e. The Balaban J connectivity index is 1.49. The van der Waals surface area contributed by atoms with Crippen LogP contribution in [0.4, 0.5) is 0 Å². The zero-order chi connectivity index (χ0) is 22.9. The van der Waals surface area contributed by atoms with Crippen molar-refractivity contribution >= 4 is 17.9 Å². The lowest BCUT2D eigenvalue weighted by Gasteiger charge is -2.31. The van der Waals surface area contributed by atoms with E-state index in [0.717, 1.165) is 16.9 Å². The van der Waals surface area contributed by atoms with Gasteiger partial charge < -0.3 is 19.9 Å². The van der Waals surface area contributed by atoms with Gasteiger partial charge in [0.25, 0.3) is 0 Å². The number of hydrogen-bond donors (Lipinski definition) is 1. The van der Waals surface area contributed by atoms with E-state index in [2.05, 4.69) is 10.2 Å². The van der Waals surface area contributed by atoms with Crippen LogP contribution in [0.5, 0.6) is 5.75 Å². The van der Waals surface area contributed by atoms with Crippen LogP contribution >= 0.6 is 0 Å². The smallest absolute Gasteiger partial charge is 0.246 e. The fraction of sp³-hybridized carbons (Fsp3) is 0.385. The number of methoxy groups -OCH3 is 1. The number of amides is 2. The van der Waals surface area contributed by atoms with E-state index in [-0.39, 0.29) is 23.8 Å². The Bertz CT molecular complexity index is 919. The average molecular weight is 436 g/mol. The molecule has 1 fully saturated rings. The third-order valence-corrected chi connectivity index (χ3v) is 5.97. The highest BCUT2D eigenvalue weighted by atomic mass is 16.5. The lowest BCUT2D eigenvalue weighted by molar-refractivity contribution is -0.132. The Kier molecular flexibility index (Phi) is 8.45. The summed E-state index contributed by atoms with van der Waals surface area (Å²) in [5, 5.41) is 3.12. The van der Waals surface area contributed by atoms with Gasteiger partial charge in [-0.1, -0.05) is 42.5 Å². The minimum atomic E-state index is -0.0646. The second-order valence-corrected chi connectivity index (χ2v) is 8.34. The number of piperidine rings is 1. The Hall–Kier alpha value is -3.12. The fourth-order valence-electron chi connectivity index (χ4n) is 3.99. The van der Waals surface area contributed by atoms with Crippen LogP contribution in [0.2, 0.25) is 0 Å². The van der Waals surface area contributed by atoms with Gasteiger partial charge in [0.15, 0.2) is 0 Å². The van der Waals surface area contributed by atoms with Gasteiger partial charge in [-0.05, 0) is 56.3 Å². The maximum atomic E-state index is 12.8. The molecule has 0 saturated carbocycles. The van der Waals surface area contributed by atoms with E-state index in [1.54, 1.807) is 13.2 Å². The third kappa shape index (κ3) is 6.44. The van der Waals surface area contributed by atoms with Gasteiger partial charge in [-0.2, -0.15) is 0 Å². The Labute approximate surface area is 190 Å². The highest BCUT2D eigenvalue weighted by Gasteiger charge is 2.27. The first-order valence-electron chi connectivity index (χ1n) is 11.1. The number of carbonyl (C=O) groups excluding carboxylic acids is 2. The van der Waals surface area contributed by atoms with Crippen molar-refractivity contribution < 1.29 is 14.3 Å². The predicted molar refractivity (Wildman–Crippen MR) is 127 cm³/mol. The summed E-state index contributed by atoms with van der Waals surface area (Å²) < 4.78 is 5.33. The van der Waals surface area contributed by atoms with Crippen molar-refractivity contribution in [1.29, 1.82) is 0 Å². The molecule has 1 N–H and O–H groups in total. The van der Waals surface area contributed by atoms with Crippen LogP contribution in [0.3, 0.4) is 0 Å². The van der Waals surface area contributed by atoms with Gasteiger partial charge in [0.2, 0.25) is 11.8 Å². The number of ether oxygens (including phenoxy) is 1. The lowest BCUT2D eigenvalue weighted by atomic mass is 9.95. The van der Waals surface area contributed by atoms with E-state index in [1.165, 1.54) is 0 Å². The second kappa shape index (κ2) is 11.5. The van der Waals surface area contributed by atoms with E-state index in [9.17, 15) is 9.59 Å². The summed E-state index contributed by atoms with van der Waals surface area (Å²) in [4.78, 5) is 29.2. The van der Waals surface area contributed by atoms with Crippen molar-refractivity contribution in [2.24, 2.45) is 5.92 Å². The first-order chi connectivity index (χ1) is 15.5. The van der Waals surface area contributed by atoms with Gasteiger partial charge in [-0.25, -0.2) is 0 Å². The number of likely N-dealkylation sites (N-methyl/N-ethyl adjacent to an activating group) is 1. The molecule has 0 spiro atoms. The molecule has 0 aromatic heterocycles. The summed E-state index contributed by atoms with van der Waals surface area (Å²) in [5.41, 5.74) is 2.10. The van der Waals surface area contributed by atoms with E-state index in [4.69, 9.17) is 4.74 Å². The topological polar surface area (TPSA) is 61.9 Å². The largest absolute Gasteiger partial charge is 0.497 e. The molecule has 32 heavy (non-hydrogen) atoms. The summed E-state index contributed by atoms with van der Waals surface area (Å²) in [6.45, 7) is 1.73.